The number of nitrogens with zero attached hydrogens (tertiary/aromatic N) is 2. The Balaban J connectivity index is 2.11. The van der Waals surface area contributed by atoms with Crippen molar-refractivity contribution in [3.8, 4) is 17.6 Å². The third-order valence-electron chi connectivity index (χ3n) is 2.48. The van der Waals surface area contributed by atoms with E-state index in [1.54, 1.807) is 23.6 Å². The Hall–Kier alpha value is -2.59. The van der Waals surface area contributed by atoms with Gasteiger partial charge in [-0.15, -0.1) is 11.3 Å². The van der Waals surface area contributed by atoms with Crippen LogP contribution in [0.15, 0.2) is 23.6 Å². The Labute approximate surface area is 125 Å². The van der Waals surface area contributed by atoms with E-state index in [0.29, 0.717) is 29.4 Å². The molecule has 0 atom stereocenters. The van der Waals surface area contributed by atoms with Crippen molar-refractivity contribution in [3.63, 3.8) is 0 Å². The third kappa shape index (κ3) is 3.70. The van der Waals surface area contributed by atoms with E-state index in [2.05, 4.69) is 4.98 Å². The average molecular weight is 304 g/mol. The zero-order valence-corrected chi connectivity index (χ0v) is 12.0. The van der Waals surface area contributed by atoms with Crippen LogP contribution < -0.4 is 9.47 Å². The Morgan fingerprint density at radius 3 is 2.86 bits per heavy atom. The van der Waals surface area contributed by atoms with Gasteiger partial charge in [0.05, 0.1) is 23.9 Å². The van der Waals surface area contributed by atoms with E-state index in [4.69, 9.17) is 19.8 Å². The Morgan fingerprint density at radius 1 is 1.43 bits per heavy atom. The number of hydrogen-bond acceptors (Lipinski definition) is 6. The number of carbonyl (C=O) groups is 1. The predicted molar refractivity (Wildman–Crippen MR) is 75.7 cm³/mol. The zero-order chi connectivity index (χ0) is 15.2. The first kappa shape index (κ1) is 14.8. The van der Waals surface area contributed by atoms with Crippen molar-refractivity contribution in [2.45, 2.75) is 13.5 Å². The van der Waals surface area contributed by atoms with E-state index >= 15 is 0 Å². The van der Waals surface area contributed by atoms with E-state index in [1.165, 1.54) is 0 Å². The van der Waals surface area contributed by atoms with Crippen molar-refractivity contribution in [2.75, 3.05) is 6.61 Å². The summed E-state index contributed by atoms with van der Waals surface area (Å²) in [6.45, 7) is 2.42. The summed E-state index contributed by atoms with van der Waals surface area (Å²) < 4.78 is 11.0. The molecule has 0 radical (unpaired) electrons. The summed E-state index contributed by atoms with van der Waals surface area (Å²) in [6.07, 6.45) is 0. The maximum atomic E-state index is 10.8. The molecule has 0 saturated carbocycles. The summed E-state index contributed by atoms with van der Waals surface area (Å²) >= 11 is 1.05. The monoisotopic (exact) mass is 304 g/mol. The second kappa shape index (κ2) is 6.72. The number of rotatable bonds is 6. The van der Waals surface area contributed by atoms with Gasteiger partial charge in [0.25, 0.3) is 0 Å². The molecule has 0 spiro atoms. The predicted octanol–water partition coefficient (Wildman–Crippen LogP) is 2.69. The van der Waals surface area contributed by atoms with Crippen LogP contribution in [0.2, 0.25) is 0 Å². The standard InChI is InChI=1S/C14H12N2O4S/c1-2-19-12-5-9(6-15)3-4-11(12)20-7-10-8-21-13(16-10)14(17)18/h3-5,8H,2,7H2,1H3,(H,17,18). The lowest BCUT2D eigenvalue weighted by Crippen LogP contribution is -2.01. The highest BCUT2D eigenvalue weighted by Crippen LogP contribution is 2.29. The van der Waals surface area contributed by atoms with Crippen molar-refractivity contribution in [2.24, 2.45) is 0 Å². The summed E-state index contributed by atoms with van der Waals surface area (Å²) in [6, 6.07) is 6.90. The van der Waals surface area contributed by atoms with E-state index in [1.807, 2.05) is 13.0 Å². The molecule has 1 heterocycles. The quantitative estimate of drug-likeness (QED) is 0.882. The van der Waals surface area contributed by atoms with Crippen molar-refractivity contribution in [1.82, 2.24) is 4.98 Å². The molecule has 2 aromatic rings. The molecule has 7 heteroatoms. The highest BCUT2D eigenvalue weighted by molar-refractivity contribution is 7.11. The molecule has 2 rings (SSSR count). The normalized spacial score (nSPS) is 9.90. The summed E-state index contributed by atoms with van der Waals surface area (Å²) in [4.78, 5) is 14.7. The van der Waals surface area contributed by atoms with E-state index < -0.39 is 5.97 Å². The number of aromatic carboxylic acids is 1. The second-order valence-electron chi connectivity index (χ2n) is 3.94. The number of thiazole rings is 1. The smallest absolute Gasteiger partial charge is 0.365 e. The lowest BCUT2D eigenvalue weighted by atomic mass is 10.2. The van der Waals surface area contributed by atoms with E-state index in [9.17, 15) is 4.79 Å². The largest absolute Gasteiger partial charge is 0.490 e. The number of ether oxygens (including phenoxy) is 2. The molecule has 0 fully saturated rings. The average Bonchev–Trinajstić information content (AvgIpc) is 2.95. The second-order valence-corrected chi connectivity index (χ2v) is 4.80. The van der Waals surface area contributed by atoms with Gasteiger partial charge < -0.3 is 14.6 Å². The topological polar surface area (TPSA) is 92.4 Å². The highest BCUT2D eigenvalue weighted by Gasteiger charge is 2.11. The maximum absolute atomic E-state index is 10.8. The lowest BCUT2D eigenvalue weighted by molar-refractivity contribution is 0.0696. The van der Waals surface area contributed by atoms with Crippen LogP contribution in [-0.4, -0.2) is 22.7 Å². The molecule has 1 aromatic carbocycles. The van der Waals surface area contributed by atoms with Crippen molar-refractivity contribution < 1.29 is 19.4 Å². The van der Waals surface area contributed by atoms with Crippen molar-refractivity contribution in [1.29, 1.82) is 5.26 Å². The number of nitriles is 1. The van der Waals surface area contributed by atoms with E-state index in [-0.39, 0.29) is 11.6 Å². The van der Waals surface area contributed by atoms with Crippen molar-refractivity contribution in [3.05, 3.63) is 39.8 Å². The summed E-state index contributed by atoms with van der Waals surface area (Å²) in [7, 11) is 0. The Kier molecular flexibility index (Phi) is 4.74. The molecule has 1 N–H and O–H groups in total. The molecular formula is C14H12N2O4S. The first-order valence-corrected chi connectivity index (χ1v) is 6.99. The molecule has 21 heavy (non-hydrogen) atoms. The molecule has 0 aliphatic carbocycles. The minimum Gasteiger partial charge on any atom is -0.490 e. The molecule has 6 nitrogen and oxygen atoms in total. The Morgan fingerprint density at radius 2 is 2.24 bits per heavy atom. The summed E-state index contributed by atoms with van der Waals surface area (Å²) in [5, 5.41) is 19.3. The van der Waals surface area contributed by atoms with Gasteiger partial charge in [0.2, 0.25) is 5.01 Å². The first-order chi connectivity index (χ1) is 10.1. The molecular weight excluding hydrogens is 292 g/mol. The summed E-state index contributed by atoms with van der Waals surface area (Å²) in [5.74, 6) is -0.0920. The van der Waals surface area contributed by atoms with Gasteiger partial charge in [0.1, 0.15) is 6.61 Å². The SMILES string of the molecule is CCOc1cc(C#N)ccc1OCc1csc(C(=O)O)n1. The molecule has 0 aliphatic rings. The Bertz CT molecular complexity index is 691. The van der Waals surface area contributed by atoms with Crippen LogP contribution in [0.1, 0.15) is 28.0 Å². The molecule has 0 aliphatic heterocycles. The number of aromatic nitrogens is 1. The number of benzene rings is 1. The number of hydrogen-bond donors (Lipinski definition) is 1. The molecule has 0 bridgehead atoms. The third-order valence-corrected chi connectivity index (χ3v) is 3.36. The molecule has 1 aromatic heterocycles. The zero-order valence-electron chi connectivity index (χ0n) is 11.2. The summed E-state index contributed by atoms with van der Waals surface area (Å²) in [5.41, 5.74) is 1.01. The van der Waals surface area contributed by atoms with Gasteiger partial charge in [-0.25, -0.2) is 9.78 Å². The highest BCUT2D eigenvalue weighted by atomic mass is 32.1. The van der Waals surface area contributed by atoms with Gasteiger partial charge in [-0.05, 0) is 19.1 Å². The van der Waals surface area contributed by atoms with Gasteiger partial charge in [0, 0.05) is 11.4 Å². The maximum Gasteiger partial charge on any atom is 0.365 e. The van der Waals surface area contributed by atoms with Crippen molar-refractivity contribution >= 4 is 17.3 Å². The van der Waals surface area contributed by atoms with Gasteiger partial charge in [-0.1, -0.05) is 0 Å². The minimum absolute atomic E-state index is 0.0264. The fourth-order valence-corrected chi connectivity index (χ4v) is 2.23. The van der Waals surface area contributed by atoms with Crippen LogP contribution in [0.5, 0.6) is 11.5 Å². The van der Waals surface area contributed by atoms with Gasteiger partial charge in [-0.3, -0.25) is 0 Å². The molecule has 0 saturated heterocycles. The van der Waals surface area contributed by atoms with Gasteiger partial charge >= 0.3 is 5.97 Å². The van der Waals surface area contributed by atoms with Crippen LogP contribution >= 0.6 is 11.3 Å². The molecule has 0 unspecified atom stereocenters. The first-order valence-electron chi connectivity index (χ1n) is 6.11. The molecule has 108 valence electrons. The number of carboxylic acid groups (broad SMARTS) is 1. The van der Waals surface area contributed by atoms with Crippen LogP contribution in [-0.2, 0) is 6.61 Å². The van der Waals surface area contributed by atoms with Crippen LogP contribution in [0.4, 0.5) is 0 Å². The van der Waals surface area contributed by atoms with Gasteiger partial charge in [0.15, 0.2) is 11.5 Å². The minimum atomic E-state index is -1.06. The van der Waals surface area contributed by atoms with Crippen LogP contribution in [0.25, 0.3) is 0 Å². The number of carboxylic acids is 1. The van der Waals surface area contributed by atoms with Gasteiger partial charge in [-0.2, -0.15) is 5.26 Å². The fourth-order valence-electron chi connectivity index (χ4n) is 1.59. The fraction of sp³-hybridized carbons (Fsp3) is 0.214. The van der Waals surface area contributed by atoms with Crippen LogP contribution in [0.3, 0.4) is 0 Å². The van der Waals surface area contributed by atoms with Crippen LogP contribution in [0, 0.1) is 11.3 Å². The molecule has 0 amide bonds. The van der Waals surface area contributed by atoms with E-state index in [0.717, 1.165) is 11.3 Å². The lowest BCUT2D eigenvalue weighted by Gasteiger charge is -2.11.